The van der Waals surface area contributed by atoms with E-state index < -0.39 is 6.10 Å². The second-order valence-electron chi connectivity index (χ2n) is 3.43. The van der Waals surface area contributed by atoms with Gasteiger partial charge in [0, 0.05) is 6.04 Å². The highest BCUT2D eigenvalue weighted by atomic mass is 79.9. The molecule has 0 aromatic heterocycles. The van der Waals surface area contributed by atoms with Gasteiger partial charge in [0.1, 0.15) is 5.82 Å². The van der Waals surface area contributed by atoms with Crippen LogP contribution in [-0.2, 0) is 0 Å². The molecular weight excluding hydrogens is 249 g/mol. The molecule has 14 heavy (non-hydrogen) atoms. The number of hydrogen-bond acceptors (Lipinski definition) is 2. The third-order valence-corrected chi connectivity index (χ3v) is 2.73. The summed E-state index contributed by atoms with van der Waals surface area (Å²) in [7, 11) is 0. The van der Waals surface area contributed by atoms with E-state index >= 15 is 0 Å². The molecule has 4 heteroatoms. The van der Waals surface area contributed by atoms with Crippen LogP contribution >= 0.6 is 15.9 Å². The average Bonchev–Trinajstić information content (AvgIpc) is 2.10. The Balaban J connectivity index is 3.15. The zero-order valence-electron chi connectivity index (χ0n) is 8.09. The molecule has 0 spiro atoms. The summed E-state index contributed by atoms with van der Waals surface area (Å²) in [5, 5.41) is 9.73. The monoisotopic (exact) mass is 261 g/mol. The summed E-state index contributed by atoms with van der Waals surface area (Å²) in [4.78, 5) is 0. The van der Waals surface area contributed by atoms with E-state index in [9.17, 15) is 9.50 Å². The van der Waals surface area contributed by atoms with E-state index in [-0.39, 0.29) is 11.9 Å². The van der Waals surface area contributed by atoms with Crippen LogP contribution in [0.5, 0.6) is 0 Å². The maximum absolute atomic E-state index is 13.1. The van der Waals surface area contributed by atoms with Gasteiger partial charge in [0.05, 0.1) is 10.6 Å². The van der Waals surface area contributed by atoms with Crippen molar-refractivity contribution in [2.45, 2.75) is 26.0 Å². The zero-order chi connectivity index (χ0) is 10.9. The topological polar surface area (TPSA) is 46.2 Å². The maximum Gasteiger partial charge on any atom is 0.137 e. The van der Waals surface area contributed by atoms with Crippen LogP contribution in [0.25, 0.3) is 0 Å². The molecule has 1 aromatic carbocycles. The van der Waals surface area contributed by atoms with E-state index in [4.69, 9.17) is 5.73 Å². The fraction of sp³-hybridized carbons (Fsp3) is 0.400. The molecule has 3 N–H and O–H groups in total. The highest BCUT2D eigenvalue weighted by Crippen LogP contribution is 2.26. The van der Waals surface area contributed by atoms with Crippen molar-refractivity contribution in [3.63, 3.8) is 0 Å². The van der Waals surface area contributed by atoms with E-state index in [1.165, 1.54) is 6.07 Å². The molecule has 0 fully saturated rings. The lowest BCUT2D eigenvalue weighted by molar-refractivity contribution is 0.152. The van der Waals surface area contributed by atoms with Crippen molar-refractivity contribution < 1.29 is 9.50 Å². The summed E-state index contributed by atoms with van der Waals surface area (Å²) in [5.74, 6) is -0.330. The molecule has 0 aliphatic heterocycles. The first-order valence-corrected chi connectivity index (χ1v) is 5.12. The van der Waals surface area contributed by atoms with E-state index in [1.54, 1.807) is 19.9 Å². The van der Waals surface area contributed by atoms with Crippen molar-refractivity contribution in [2.24, 2.45) is 5.73 Å². The van der Waals surface area contributed by atoms with Crippen molar-refractivity contribution in [1.29, 1.82) is 0 Å². The Morgan fingerprint density at radius 3 is 2.57 bits per heavy atom. The van der Waals surface area contributed by atoms with Crippen LogP contribution in [0, 0.1) is 12.7 Å². The van der Waals surface area contributed by atoms with Gasteiger partial charge >= 0.3 is 0 Å². The molecule has 2 unspecified atom stereocenters. The number of halogens is 2. The van der Waals surface area contributed by atoms with Gasteiger partial charge in [0.25, 0.3) is 0 Å². The fourth-order valence-corrected chi connectivity index (χ4v) is 1.62. The molecule has 2 atom stereocenters. The van der Waals surface area contributed by atoms with Crippen molar-refractivity contribution in [1.82, 2.24) is 0 Å². The number of aryl methyl sites for hydroxylation is 1. The molecule has 2 nitrogen and oxygen atoms in total. The first kappa shape index (κ1) is 11.6. The summed E-state index contributed by atoms with van der Waals surface area (Å²) in [5.41, 5.74) is 6.93. The van der Waals surface area contributed by atoms with Crippen LogP contribution in [0.1, 0.15) is 24.2 Å². The summed E-state index contributed by atoms with van der Waals surface area (Å²) in [6, 6.07) is 2.58. The van der Waals surface area contributed by atoms with Crippen molar-refractivity contribution in [2.75, 3.05) is 0 Å². The molecule has 1 aromatic rings. The summed E-state index contributed by atoms with van der Waals surface area (Å²) in [6.07, 6.45) is -0.758. The molecule has 1 rings (SSSR count). The van der Waals surface area contributed by atoms with Gasteiger partial charge in [-0.2, -0.15) is 0 Å². The van der Waals surface area contributed by atoms with Crippen molar-refractivity contribution in [3.05, 3.63) is 33.5 Å². The van der Waals surface area contributed by atoms with Gasteiger partial charge in [0.15, 0.2) is 0 Å². The summed E-state index contributed by atoms with van der Waals surface area (Å²) >= 11 is 3.07. The standard InChI is InChI=1S/C10H13BrFNO/c1-5-3-9(12)8(11)4-7(5)10(14)6(2)13/h3-4,6,10,14H,13H2,1-2H3. The lowest BCUT2D eigenvalue weighted by Crippen LogP contribution is -2.25. The van der Waals surface area contributed by atoms with Crippen LogP contribution in [0.15, 0.2) is 16.6 Å². The first-order chi connectivity index (χ1) is 6.43. The predicted octanol–water partition coefficient (Wildman–Crippen LogP) is 2.28. The molecular formula is C10H13BrFNO. The second-order valence-corrected chi connectivity index (χ2v) is 4.28. The van der Waals surface area contributed by atoms with E-state index in [0.29, 0.717) is 15.6 Å². The van der Waals surface area contributed by atoms with Gasteiger partial charge in [-0.1, -0.05) is 0 Å². The lowest BCUT2D eigenvalue weighted by Gasteiger charge is -2.17. The lowest BCUT2D eigenvalue weighted by atomic mass is 9.99. The quantitative estimate of drug-likeness (QED) is 0.858. The molecule has 0 amide bonds. The molecule has 0 aliphatic carbocycles. The smallest absolute Gasteiger partial charge is 0.137 e. The summed E-state index contributed by atoms with van der Waals surface area (Å²) < 4.78 is 13.4. The molecule has 0 radical (unpaired) electrons. The van der Waals surface area contributed by atoms with Crippen LogP contribution in [0.4, 0.5) is 4.39 Å². The molecule has 0 heterocycles. The largest absolute Gasteiger partial charge is 0.387 e. The highest BCUT2D eigenvalue weighted by Gasteiger charge is 2.16. The summed E-state index contributed by atoms with van der Waals surface area (Å²) in [6.45, 7) is 3.46. The number of aliphatic hydroxyl groups is 1. The van der Waals surface area contributed by atoms with E-state index in [1.807, 2.05) is 0 Å². The number of hydrogen-bond donors (Lipinski definition) is 2. The van der Waals surface area contributed by atoms with Gasteiger partial charge in [-0.3, -0.25) is 0 Å². The van der Waals surface area contributed by atoms with Crippen LogP contribution in [-0.4, -0.2) is 11.1 Å². The van der Waals surface area contributed by atoms with Gasteiger partial charge in [0.2, 0.25) is 0 Å². The van der Waals surface area contributed by atoms with Gasteiger partial charge in [-0.25, -0.2) is 4.39 Å². The van der Waals surface area contributed by atoms with Crippen LogP contribution in [0.3, 0.4) is 0 Å². The third kappa shape index (κ3) is 2.32. The normalized spacial score (nSPS) is 15.3. The van der Waals surface area contributed by atoms with Gasteiger partial charge in [-0.05, 0) is 53.0 Å². The van der Waals surface area contributed by atoms with E-state index in [2.05, 4.69) is 15.9 Å². The fourth-order valence-electron chi connectivity index (χ4n) is 1.26. The minimum absolute atomic E-state index is 0.330. The highest BCUT2D eigenvalue weighted by molar-refractivity contribution is 9.10. The Morgan fingerprint density at radius 2 is 2.07 bits per heavy atom. The van der Waals surface area contributed by atoms with Gasteiger partial charge < -0.3 is 10.8 Å². The molecule has 0 bridgehead atoms. The minimum atomic E-state index is -0.758. The first-order valence-electron chi connectivity index (χ1n) is 4.32. The molecule has 0 aliphatic rings. The Bertz CT molecular complexity index is 341. The van der Waals surface area contributed by atoms with Crippen molar-refractivity contribution >= 4 is 15.9 Å². The third-order valence-electron chi connectivity index (χ3n) is 2.13. The predicted molar refractivity (Wildman–Crippen MR) is 57.4 cm³/mol. The molecule has 78 valence electrons. The number of rotatable bonds is 2. The maximum atomic E-state index is 13.1. The number of nitrogens with two attached hydrogens (primary N) is 1. The molecule has 0 saturated carbocycles. The number of benzene rings is 1. The van der Waals surface area contributed by atoms with Crippen LogP contribution in [0.2, 0.25) is 0 Å². The second kappa shape index (κ2) is 4.38. The molecule has 0 saturated heterocycles. The van der Waals surface area contributed by atoms with Gasteiger partial charge in [-0.15, -0.1) is 0 Å². The Hall–Kier alpha value is -0.450. The Kier molecular flexibility index (Phi) is 3.64. The van der Waals surface area contributed by atoms with Crippen LogP contribution < -0.4 is 5.73 Å². The average molecular weight is 262 g/mol. The number of aliphatic hydroxyl groups excluding tert-OH is 1. The zero-order valence-corrected chi connectivity index (χ0v) is 9.68. The minimum Gasteiger partial charge on any atom is -0.387 e. The van der Waals surface area contributed by atoms with E-state index in [0.717, 1.165) is 0 Å². The Morgan fingerprint density at radius 1 is 1.50 bits per heavy atom. The Labute approximate surface area is 91.1 Å². The SMILES string of the molecule is Cc1cc(F)c(Br)cc1C(O)C(C)N. The van der Waals surface area contributed by atoms with Crippen molar-refractivity contribution in [3.8, 4) is 0 Å².